The van der Waals surface area contributed by atoms with E-state index in [2.05, 4.69) is 5.43 Å². The molecule has 0 unspecified atom stereocenters. The highest BCUT2D eigenvalue weighted by Crippen LogP contribution is 2.26. The fourth-order valence-electron chi connectivity index (χ4n) is 0.952. The van der Waals surface area contributed by atoms with E-state index in [1.807, 2.05) is 20.8 Å². The summed E-state index contributed by atoms with van der Waals surface area (Å²) in [5.41, 5.74) is 2.37. The van der Waals surface area contributed by atoms with Crippen molar-refractivity contribution in [1.29, 1.82) is 0 Å². The molecule has 0 spiro atoms. The smallest absolute Gasteiger partial charge is 0.439 e. The van der Waals surface area contributed by atoms with Crippen LogP contribution in [-0.2, 0) is 9.47 Å². The van der Waals surface area contributed by atoms with Crippen LogP contribution in [0.3, 0.4) is 0 Å². The minimum Gasteiger partial charge on any atom is -0.446 e. The molecule has 0 radical (unpaired) electrons. The van der Waals surface area contributed by atoms with Gasteiger partial charge in [-0.1, -0.05) is 0 Å². The van der Waals surface area contributed by atoms with Gasteiger partial charge in [0.25, 0.3) is 0 Å². The first-order valence-electron chi connectivity index (χ1n) is 6.18. The van der Waals surface area contributed by atoms with Crippen LogP contribution in [0.2, 0.25) is 0 Å². The van der Waals surface area contributed by atoms with Crippen molar-refractivity contribution in [3.63, 3.8) is 0 Å². The van der Waals surface area contributed by atoms with Gasteiger partial charge in [0.1, 0.15) is 0 Å². The highest BCUT2D eigenvalue weighted by Gasteiger charge is 2.26. The number of nitrogens with one attached hydrogen (secondary N) is 1. The monoisotopic (exact) mass is 292 g/mol. The Morgan fingerprint density at radius 3 is 1.89 bits per heavy atom. The summed E-state index contributed by atoms with van der Waals surface area (Å²) in [6.45, 7) is 12.7. The van der Waals surface area contributed by atoms with Gasteiger partial charge < -0.3 is 9.47 Å². The molecule has 0 aromatic rings. The molecule has 0 rings (SSSR count). The van der Waals surface area contributed by atoms with Crippen LogP contribution < -0.4 is 5.43 Å². The quantitative estimate of drug-likeness (QED) is 0.638. The first kappa shape index (κ1) is 17.9. The van der Waals surface area contributed by atoms with Gasteiger partial charge in [0, 0.05) is 4.75 Å². The molecule has 0 saturated carbocycles. The minimum absolute atomic E-state index is 0.261. The highest BCUT2D eigenvalue weighted by atomic mass is 32.2. The molecule has 0 heterocycles. The van der Waals surface area contributed by atoms with Crippen LogP contribution in [0, 0.1) is 0 Å². The zero-order valence-electron chi connectivity index (χ0n) is 12.6. The second-order valence-electron chi connectivity index (χ2n) is 5.50. The van der Waals surface area contributed by atoms with E-state index in [0.717, 1.165) is 16.4 Å². The molecule has 6 nitrogen and oxygen atoms in total. The number of hydrogen-bond acceptors (Lipinski definition) is 5. The maximum Gasteiger partial charge on any atom is 0.439 e. The summed E-state index contributed by atoms with van der Waals surface area (Å²) in [5, 5.41) is 0. The summed E-state index contributed by atoms with van der Waals surface area (Å²) in [6.07, 6.45) is -1.84. The van der Waals surface area contributed by atoms with E-state index in [0.29, 0.717) is 0 Å². The SMILES string of the molecule is CC(C)OC(=O)NN(SC(C)(C)C)C(=O)OC(C)C. The number of carbonyl (C=O) groups is 2. The van der Waals surface area contributed by atoms with Crippen molar-refractivity contribution < 1.29 is 19.1 Å². The second-order valence-corrected chi connectivity index (χ2v) is 7.27. The molecule has 7 heteroatoms. The number of amides is 2. The maximum absolute atomic E-state index is 11.9. The molecule has 0 aromatic carbocycles. The molecule has 0 fully saturated rings. The van der Waals surface area contributed by atoms with Crippen molar-refractivity contribution in [3.05, 3.63) is 0 Å². The van der Waals surface area contributed by atoms with E-state index in [4.69, 9.17) is 9.47 Å². The van der Waals surface area contributed by atoms with Crippen LogP contribution >= 0.6 is 11.9 Å². The number of rotatable bonds is 3. The first-order valence-corrected chi connectivity index (χ1v) is 6.95. The van der Waals surface area contributed by atoms with Crippen LogP contribution in [0.1, 0.15) is 48.5 Å². The van der Waals surface area contributed by atoms with Crippen LogP contribution in [0.4, 0.5) is 9.59 Å². The van der Waals surface area contributed by atoms with Gasteiger partial charge in [-0.3, -0.25) is 0 Å². The van der Waals surface area contributed by atoms with Crippen molar-refractivity contribution in [2.45, 2.75) is 65.4 Å². The molecule has 19 heavy (non-hydrogen) atoms. The van der Waals surface area contributed by atoms with Gasteiger partial charge in [-0.15, -0.1) is 0 Å². The number of hydrogen-bond donors (Lipinski definition) is 1. The predicted molar refractivity (Wildman–Crippen MR) is 75.6 cm³/mol. The molecule has 0 bridgehead atoms. The van der Waals surface area contributed by atoms with E-state index in [1.54, 1.807) is 27.7 Å². The van der Waals surface area contributed by atoms with Crippen LogP contribution in [-0.4, -0.2) is 33.6 Å². The summed E-state index contributed by atoms with van der Waals surface area (Å²) in [6, 6.07) is 0. The lowest BCUT2D eigenvalue weighted by Crippen LogP contribution is -2.45. The molecular formula is C12H24N2O4S. The summed E-state index contributed by atoms with van der Waals surface area (Å²) in [4.78, 5) is 23.4. The van der Waals surface area contributed by atoms with Gasteiger partial charge in [0.2, 0.25) is 0 Å². The van der Waals surface area contributed by atoms with Gasteiger partial charge in [-0.05, 0) is 60.4 Å². The minimum atomic E-state index is -0.688. The Morgan fingerprint density at radius 1 is 1.05 bits per heavy atom. The molecule has 0 aromatic heterocycles. The van der Waals surface area contributed by atoms with Gasteiger partial charge in [-0.25, -0.2) is 15.0 Å². The summed E-state index contributed by atoms with van der Waals surface area (Å²) < 4.78 is 10.8. The standard InChI is InChI=1S/C12H24N2O4S/c1-8(2)17-10(15)13-14(19-12(5,6)7)11(16)18-9(3)4/h8-9H,1-7H3,(H,13,15). The van der Waals surface area contributed by atoms with Crippen LogP contribution in [0.25, 0.3) is 0 Å². The summed E-state index contributed by atoms with van der Waals surface area (Å²) in [5.74, 6) is 0. The van der Waals surface area contributed by atoms with Crippen molar-refractivity contribution in [3.8, 4) is 0 Å². The highest BCUT2D eigenvalue weighted by molar-refractivity contribution is 7.98. The molecule has 1 N–H and O–H groups in total. The van der Waals surface area contributed by atoms with Crippen LogP contribution in [0.15, 0.2) is 0 Å². The molecule has 0 saturated heterocycles. The fraction of sp³-hybridized carbons (Fsp3) is 0.833. The molecule has 0 atom stereocenters. The van der Waals surface area contributed by atoms with E-state index in [-0.39, 0.29) is 17.0 Å². The van der Waals surface area contributed by atoms with E-state index in [9.17, 15) is 9.59 Å². The zero-order chi connectivity index (χ0) is 15.2. The Balaban J connectivity index is 4.67. The molecule has 112 valence electrons. The van der Waals surface area contributed by atoms with Gasteiger partial charge in [0.05, 0.1) is 12.2 Å². The Hall–Kier alpha value is -1.11. The first-order chi connectivity index (χ1) is 8.51. The average Bonchev–Trinajstić information content (AvgIpc) is 2.11. The Kier molecular flexibility index (Phi) is 7.04. The topological polar surface area (TPSA) is 67.9 Å². The van der Waals surface area contributed by atoms with E-state index in [1.165, 1.54) is 0 Å². The second kappa shape index (κ2) is 7.47. The Labute approximate surface area is 119 Å². The predicted octanol–water partition coefficient (Wildman–Crippen LogP) is 3.33. The third kappa shape index (κ3) is 9.47. The molecule has 0 aliphatic carbocycles. The molecule has 0 aliphatic heterocycles. The van der Waals surface area contributed by atoms with Gasteiger partial charge in [-0.2, -0.15) is 4.41 Å². The fourth-order valence-corrected chi connectivity index (χ4v) is 1.74. The van der Waals surface area contributed by atoms with Crippen molar-refractivity contribution >= 4 is 24.1 Å². The lowest BCUT2D eigenvalue weighted by atomic mass is 10.3. The lowest BCUT2D eigenvalue weighted by molar-refractivity contribution is 0.0740. The molecular weight excluding hydrogens is 268 g/mol. The van der Waals surface area contributed by atoms with Gasteiger partial charge >= 0.3 is 12.2 Å². The normalized spacial score (nSPS) is 11.4. The number of hydrazine groups is 1. The summed E-state index contributed by atoms with van der Waals surface area (Å²) in [7, 11) is 0. The molecule has 0 aliphatic rings. The van der Waals surface area contributed by atoms with Crippen molar-refractivity contribution in [1.82, 2.24) is 9.84 Å². The van der Waals surface area contributed by atoms with Crippen molar-refractivity contribution in [2.75, 3.05) is 0 Å². The van der Waals surface area contributed by atoms with Crippen LogP contribution in [0.5, 0.6) is 0 Å². The zero-order valence-corrected chi connectivity index (χ0v) is 13.5. The molecule has 2 amide bonds. The Bertz CT molecular complexity index is 313. The van der Waals surface area contributed by atoms with E-state index >= 15 is 0 Å². The third-order valence-corrected chi connectivity index (χ3v) is 2.37. The number of carbonyl (C=O) groups excluding carboxylic acids is 2. The van der Waals surface area contributed by atoms with E-state index < -0.39 is 12.2 Å². The average molecular weight is 292 g/mol. The Morgan fingerprint density at radius 2 is 1.53 bits per heavy atom. The third-order valence-electron chi connectivity index (χ3n) is 1.40. The summed E-state index contributed by atoms with van der Waals surface area (Å²) >= 11 is 1.15. The number of nitrogens with zero attached hydrogens (tertiary/aromatic N) is 1. The number of ether oxygens (including phenoxy) is 2. The largest absolute Gasteiger partial charge is 0.446 e. The maximum atomic E-state index is 11.9. The van der Waals surface area contributed by atoms with Crippen molar-refractivity contribution in [2.24, 2.45) is 0 Å². The lowest BCUT2D eigenvalue weighted by Gasteiger charge is -2.28. The van der Waals surface area contributed by atoms with Gasteiger partial charge in [0.15, 0.2) is 0 Å².